The highest BCUT2D eigenvalue weighted by atomic mass is 16.5. The van der Waals surface area contributed by atoms with Crippen molar-refractivity contribution in [2.24, 2.45) is 0 Å². The van der Waals surface area contributed by atoms with Crippen LogP contribution in [0.4, 0.5) is 0 Å². The van der Waals surface area contributed by atoms with Gasteiger partial charge in [-0.3, -0.25) is 0 Å². The molecule has 0 radical (unpaired) electrons. The minimum absolute atomic E-state index is 0.365. The lowest BCUT2D eigenvalue weighted by molar-refractivity contribution is 0.0250. The van der Waals surface area contributed by atoms with Crippen LogP contribution in [0.5, 0.6) is 0 Å². The second-order valence-corrected chi connectivity index (χ2v) is 5.42. The average molecular weight is 263 g/mol. The fourth-order valence-corrected chi connectivity index (χ4v) is 2.90. The van der Waals surface area contributed by atoms with Crippen molar-refractivity contribution in [1.29, 1.82) is 0 Å². The first kappa shape index (κ1) is 14.5. The van der Waals surface area contributed by atoms with E-state index in [0.717, 1.165) is 19.6 Å². The molecule has 0 amide bonds. The summed E-state index contributed by atoms with van der Waals surface area (Å²) in [6.07, 6.45) is 0.822. The Kier molecular flexibility index (Phi) is 5.37. The minimum atomic E-state index is -0.365. The molecule has 0 aliphatic carbocycles. The summed E-state index contributed by atoms with van der Waals surface area (Å²) < 4.78 is 5.26. The highest BCUT2D eigenvalue weighted by molar-refractivity contribution is 5.30. The summed E-state index contributed by atoms with van der Waals surface area (Å²) in [5.41, 5.74) is 2.84. The number of aliphatic hydroxyl groups is 1. The molecule has 0 aromatic heterocycles. The van der Waals surface area contributed by atoms with Crippen LogP contribution >= 0.6 is 0 Å². The zero-order valence-corrected chi connectivity index (χ0v) is 12.0. The van der Waals surface area contributed by atoms with E-state index in [0.29, 0.717) is 19.1 Å². The minimum Gasteiger partial charge on any atom is -0.389 e. The molecule has 1 heterocycles. The number of ether oxygens (including phenoxy) is 1. The Hall–Kier alpha value is -0.900. The number of aliphatic hydroxyl groups excluding tert-OH is 1. The predicted octanol–water partition coefficient (Wildman–Crippen LogP) is 2.18. The molecule has 19 heavy (non-hydrogen) atoms. The first-order chi connectivity index (χ1) is 9.20. The molecule has 1 N–H and O–H groups in total. The van der Waals surface area contributed by atoms with Crippen LogP contribution in [0.2, 0.25) is 0 Å². The largest absolute Gasteiger partial charge is 0.389 e. The number of nitrogens with zero attached hydrogens (tertiary/aromatic N) is 1. The first-order valence-electron chi connectivity index (χ1n) is 7.24. The summed E-state index contributed by atoms with van der Waals surface area (Å²) in [5, 5.41) is 9.89. The van der Waals surface area contributed by atoms with Gasteiger partial charge < -0.3 is 14.7 Å². The topological polar surface area (TPSA) is 32.7 Å². The third-order valence-corrected chi connectivity index (χ3v) is 3.88. The van der Waals surface area contributed by atoms with E-state index in [9.17, 15) is 5.11 Å². The van der Waals surface area contributed by atoms with Gasteiger partial charge in [0.05, 0.1) is 12.7 Å². The third kappa shape index (κ3) is 4.03. The third-order valence-electron chi connectivity index (χ3n) is 3.88. The van der Waals surface area contributed by atoms with E-state index in [1.807, 2.05) is 6.92 Å². The summed E-state index contributed by atoms with van der Waals surface area (Å²) >= 11 is 0. The van der Waals surface area contributed by atoms with Crippen LogP contribution in [0, 0.1) is 6.92 Å². The normalized spacial score (nSPS) is 21.7. The molecular weight excluding hydrogens is 238 g/mol. The maximum atomic E-state index is 9.89. The van der Waals surface area contributed by atoms with Gasteiger partial charge in [0.25, 0.3) is 0 Å². The van der Waals surface area contributed by atoms with Crippen LogP contribution in [0.3, 0.4) is 0 Å². The van der Waals surface area contributed by atoms with E-state index < -0.39 is 0 Å². The average Bonchev–Trinajstić information content (AvgIpc) is 2.85. The molecule has 0 unspecified atom stereocenters. The fraction of sp³-hybridized carbons (Fsp3) is 0.625. The second kappa shape index (κ2) is 7.04. The highest BCUT2D eigenvalue weighted by Gasteiger charge is 2.25. The number of β-amino-alcohol motifs (C(OH)–C–C–N with tert-alkyl or cyclic N) is 1. The number of likely N-dealkylation sites (tertiary alicyclic amines) is 1. The molecule has 1 aliphatic heterocycles. The van der Waals surface area contributed by atoms with E-state index >= 15 is 0 Å². The van der Waals surface area contributed by atoms with Gasteiger partial charge in [-0.15, -0.1) is 0 Å². The molecule has 1 saturated heterocycles. The molecule has 1 fully saturated rings. The quantitative estimate of drug-likeness (QED) is 0.854. The van der Waals surface area contributed by atoms with E-state index in [4.69, 9.17) is 4.74 Å². The van der Waals surface area contributed by atoms with Gasteiger partial charge in [0.1, 0.15) is 0 Å². The Morgan fingerprint density at radius 2 is 2.21 bits per heavy atom. The number of hydrogen-bond acceptors (Lipinski definition) is 3. The molecule has 1 aromatic carbocycles. The molecule has 106 valence electrons. The van der Waals surface area contributed by atoms with E-state index in [1.54, 1.807) is 0 Å². The Balaban J connectivity index is 1.85. The summed E-state index contributed by atoms with van der Waals surface area (Å²) in [4.78, 5) is 2.35. The van der Waals surface area contributed by atoms with Crippen molar-refractivity contribution in [1.82, 2.24) is 4.90 Å². The van der Waals surface area contributed by atoms with Gasteiger partial charge in [-0.25, -0.2) is 0 Å². The smallest absolute Gasteiger partial charge is 0.0900 e. The molecule has 3 heteroatoms. The Labute approximate surface area is 116 Å². The van der Waals surface area contributed by atoms with Crippen LogP contribution in [-0.4, -0.2) is 49.0 Å². The fourth-order valence-electron chi connectivity index (χ4n) is 2.90. The summed E-state index contributed by atoms with van der Waals surface area (Å²) in [7, 11) is 0. The summed E-state index contributed by atoms with van der Waals surface area (Å²) in [5.74, 6) is 0.612. The molecule has 3 nitrogen and oxygen atoms in total. The lowest BCUT2D eigenvalue weighted by atomic mass is 9.94. The number of rotatable bonds is 6. The monoisotopic (exact) mass is 263 g/mol. The van der Waals surface area contributed by atoms with Gasteiger partial charge in [0.15, 0.2) is 0 Å². The van der Waals surface area contributed by atoms with Crippen LogP contribution in [0.25, 0.3) is 0 Å². The number of aryl methyl sites for hydroxylation is 1. The number of hydrogen-bond donors (Lipinski definition) is 1. The molecular formula is C16H25NO2. The van der Waals surface area contributed by atoms with Crippen molar-refractivity contribution in [2.45, 2.75) is 32.3 Å². The second-order valence-electron chi connectivity index (χ2n) is 5.42. The standard InChI is InChI=1S/C16H25NO2/c1-3-19-12-15(18)11-17-9-8-14(10-17)16-7-5-4-6-13(16)2/h4-7,14-15,18H,3,8-12H2,1-2H3/t14-,15-/m1/s1. The van der Waals surface area contributed by atoms with Gasteiger partial charge in [0, 0.05) is 19.7 Å². The van der Waals surface area contributed by atoms with Crippen LogP contribution in [0.1, 0.15) is 30.4 Å². The van der Waals surface area contributed by atoms with Gasteiger partial charge in [-0.1, -0.05) is 24.3 Å². The summed E-state index contributed by atoms with van der Waals surface area (Å²) in [6.45, 7) is 8.10. The molecule has 0 bridgehead atoms. The van der Waals surface area contributed by atoms with E-state index in [2.05, 4.69) is 36.1 Å². The zero-order chi connectivity index (χ0) is 13.7. The van der Waals surface area contributed by atoms with Crippen molar-refractivity contribution < 1.29 is 9.84 Å². The molecule has 0 saturated carbocycles. The molecule has 0 spiro atoms. The van der Waals surface area contributed by atoms with Crippen LogP contribution in [0.15, 0.2) is 24.3 Å². The predicted molar refractivity (Wildman–Crippen MR) is 77.5 cm³/mol. The van der Waals surface area contributed by atoms with Gasteiger partial charge in [-0.05, 0) is 43.9 Å². The Morgan fingerprint density at radius 3 is 2.95 bits per heavy atom. The molecule has 1 aromatic rings. The molecule has 1 aliphatic rings. The van der Waals surface area contributed by atoms with Crippen molar-refractivity contribution in [3.05, 3.63) is 35.4 Å². The van der Waals surface area contributed by atoms with Crippen molar-refractivity contribution in [3.63, 3.8) is 0 Å². The highest BCUT2D eigenvalue weighted by Crippen LogP contribution is 2.29. The Morgan fingerprint density at radius 1 is 1.42 bits per heavy atom. The zero-order valence-electron chi connectivity index (χ0n) is 12.0. The number of benzene rings is 1. The van der Waals surface area contributed by atoms with Crippen molar-refractivity contribution in [3.8, 4) is 0 Å². The van der Waals surface area contributed by atoms with E-state index in [1.165, 1.54) is 17.5 Å². The molecule has 2 atom stereocenters. The van der Waals surface area contributed by atoms with Crippen molar-refractivity contribution >= 4 is 0 Å². The Bertz CT molecular complexity index is 394. The van der Waals surface area contributed by atoms with Crippen LogP contribution in [-0.2, 0) is 4.74 Å². The van der Waals surface area contributed by atoms with Gasteiger partial charge in [0.2, 0.25) is 0 Å². The lowest BCUT2D eigenvalue weighted by Crippen LogP contribution is -2.33. The van der Waals surface area contributed by atoms with Crippen molar-refractivity contribution in [2.75, 3.05) is 32.8 Å². The van der Waals surface area contributed by atoms with Gasteiger partial charge in [-0.2, -0.15) is 0 Å². The summed E-state index contributed by atoms with van der Waals surface area (Å²) in [6, 6.07) is 8.63. The lowest BCUT2D eigenvalue weighted by Gasteiger charge is -2.20. The van der Waals surface area contributed by atoms with Gasteiger partial charge >= 0.3 is 0 Å². The maximum absolute atomic E-state index is 9.89. The first-order valence-corrected chi connectivity index (χ1v) is 7.24. The molecule has 2 rings (SSSR count). The SMILES string of the molecule is CCOC[C@H](O)CN1CC[C@@H](c2ccccc2C)C1. The van der Waals surface area contributed by atoms with Crippen LogP contribution < -0.4 is 0 Å². The van der Waals surface area contributed by atoms with E-state index in [-0.39, 0.29) is 6.10 Å². The maximum Gasteiger partial charge on any atom is 0.0900 e.